The van der Waals surface area contributed by atoms with Gasteiger partial charge in [0.2, 0.25) is 0 Å². The van der Waals surface area contributed by atoms with Gasteiger partial charge in [-0.05, 0) is 42.7 Å². The first kappa shape index (κ1) is 24.6. The van der Waals surface area contributed by atoms with Crippen molar-refractivity contribution in [1.82, 2.24) is 10.0 Å². The number of nitrogens with zero attached hydrogens (tertiary/aromatic N) is 3. The Morgan fingerprint density at radius 2 is 1.80 bits per heavy atom. The fraction of sp³-hybridized carbons (Fsp3) is 0.250. The molecule has 0 saturated carbocycles. The van der Waals surface area contributed by atoms with Crippen LogP contribution in [-0.2, 0) is 9.59 Å². The number of imide groups is 1. The van der Waals surface area contributed by atoms with Crippen LogP contribution in [0, 0.1) is 27.9 Å². The molecule has 2 aromatic rings. The average Bonchev–Trinajstić information content (AvgIpc) is 3.08. The number of carbonyl (C=O) groups is 4. The average molecular weight is 516 g/mol. The molecule has 3 amide bonds. The molecule has 1 fully saturated rings. The van der Waals surface area contributed by atoms with Crippen molar-refractivity contribution in [2.24, 2.45) is 17.8 Å². The van der Waals surface area contributed by atoms with E-state index >= 15 is 0 Å². The van der Waals surface area contributed by atoms with Gasteiger partial charge in [-0.1, -0.05) is 42.3 Å². The second-order valence-electron chi connectivity index (χ2n) is 8.36. The van der Waals surface area contributed by atoms with Crippen LogP contribution in [0.5, 0.6) is 0 Å². The van der Waals surface area contributed by atoms with E-state index in [4.69, 9.17) is 23.2 Å². The number of Topliss-reactive ketones (excluding diaryl/α,β-unsaturated/α-hetero) is 1. The number of hydrazine groups is 1. The van der Waals surface area contributed by atoms with Crippen molar-refractivity contribution in [2.45, 2.75) is 13.3 Å². The molecular weight excluding hydrogens is 497 g/mol. The molecule has 2 aromatic carbocycles. The van der Waals surface area contributed by atoms with Crippen molar-refractivity contribution in [3.63, 3.8) is 0 Å². The van der Waals surface area contributed by atoms with Gasteiger partial charge in [-0.25, -0.2) is 5.01 Å². The number of non-ortho nitro benzene ring substituents is 1. The second kappa shape index (κ2) is 9.59. The van der Waals surface area contributed by atoms with Crippen LogP contribution in [0.3, 0.4) is 0 Å². The summed E-state index contributed by atoms with van der Waals surface area (Å²) in [6.45, 7) is 1.15. The number of allylic oxidation sites excluding steroid dienone is 2. The van der Waals surface area contributed by atoms with Crippen molar-refractivity contribution >= 4 is 52.4 Å². The van der Waals surface area contributed by atoms with Crippen LogP contribution < -0.4 is 0 Å². The van der Waals surface area contributed by atoms with E-state index in [1.54, 1.807) is 0 Å². The largest absolute Gasteiger partial charge is 0.292 e. The quantitative estimate of drug-likeness (QED) is 0.185. The highest BCUT2D eigenvalue weighted by atomic mass is 35.5. The Bertz CT molecular complexity index is 1280. The number of nitro groups is 1. The predicted molar refractivity (Wildman–Crippen MR) is 127 cm³/mol. The van der Waals surface area contributed by atoms with E-state index in [1.807, 2.05) is 19.1 Å². The zero-order chi connectivity index (χ0) is 25.4. The molecule has 180 valence electrons. The van der Waals surface area contributed by atoms with Crippen LogP contribution in [-0.4, -0.2) is 45.0 Å². The minimum absolute atomic E-state index is 0.0122. The summed E-state index contributed by atoms with van der Waals surface area (Å²) in [4.78, 5) is 63.6. The summed E-state index contributed by atoms with van der Waals surface area (Å²) in [5.74, 6) is -4.14. The van der Waals surface area contributed by atoms with Gasteiger partial charge in [0, 0.05) is 22.7 Å². The van der Waals surface area contributed by atoms with E-state index < -0.39 is 46.8 Å². The van der Waals surface area contributed by atoms with Crippen LogP contribution >= 0.6 is 23.2 Å². The third-order valence-corrected chi connectivity index (χ3v) is 6.73. The number of amides is 3. The van der Waals surface area contributed by atoms with Crippen molar-refractivity contribution in [3.8, 4) is 0 Å². The lowest BCUT2D eigenvalue weighted by molar-refractivity contribution is -0.384. The first-order chi connectivity index (χ1) is 16.6. The van der Waals surface area contributed by atoms with Crippen LogP contribution in [0.4, 0.5) is 5.69 Å². The molecule has 1 aliphatic heterocycles. The molecule has 0 N–H and O–H groups in total. The van der Waals surface area contributed by atoms with E-state index in [0.717, 1.165) is 22.2 Å². The van der Waals surface area contributed by atoms with Gasteiger partial charge in [-0.15, -0.1) is 0 Å². The maximum atomic E-state index is 13.5. The van der Waals surface area contributed by atoms with Crippen molar-refractivity contribution < 1.29 is 24.1 Å². The number of fused-ring (bicyclic) bond motifs is 1. The summed E-state index contributed by atoms with van der Waals surface area (Å²) in [7, 11) is 0. The van der Waals surface area contributed by atoms with Gasteiger partial charge < -0.3 is 0 Å². The summed E-state index contributed by atoms with van der Waals surface area (Å²) >= 11 is 12.2. The lowest BCUT2D eigenvalue weighted by atomic mass is 9.78. The molecule has 0 spiro atoms. The summed E-state index contributed by atoms with van der Waals surface area (Å²) < 4.78 is 0. The van der Waals surface area contributed by atoms with Crippen LogP contribution in [0.2, 0.25) is 10.0 Å². The van der Waals surface area contributed by atoms with Gasteiger partial charge in [0.15, 0.2) is 5.78 Å². The predicted octanol–water partition coefficient (Wildman–Crippen LogP) is 4.34. The summed E-state index contributed by atoms with van der Waals surface area (Å²) in [6, 6.07) is 8.92. The molecule has 11 heteroatoms. The minimum Gasteiger partial charge on any atom is -0.292 e. The van der Waals surface area contributed by atoms with E-state index in [0.29, 0.717) is 6.42 Å². The molecule has 0 aromatic heterocycles. The Labute approximate surface area is 210 Å². The van der Waals surface area contributed by atoms with Gasteiger partial charge in [0.25, 0.3) is 23.4 Å². The third kappa shape index (κ3) is 4.56. The number of halogens is 2. The molecule has 1 saturated heterocycles. The molecule has 35 heavy (non-hydrogen) atoms. The Hall–Kier alpha value is -3.56. The molecule has 3 atom stereocenters. The smallest absolute Gasteiger partial charge is 0.274 e. The third-order valence-electron chi connectivity index (χ3n) is 6.18. The highest BCUT2D eigenvalue weighted by Crippen LogP contribution is 2.39. The normalized spacial score (nSPS) is 21.1. The lowest BCUT2D eigenvalue weighted by Crippen LogP contribution is -2.52. The van der Waals surface area contributed by atoms with E-state index in [1.165, 1.54) is 30.3 Å². The standard InChI is InChI=1S/C24H19Cl2N3O6/c1-13-3-2-4-18-21(13)24(33)28(23(18)32)27(22(31)17-10-7-15(25)11-19(17)26)12-20(30)14-5-8-16(9-6-14)29(34)35/h2-3,5-11,13,18,21H,4,12H2,1H3/t13-,18-,21-/m1/s1. The fourth-order valence-electron chi connectivity index (χ4n) is 4.40. The first-order valence-electron chi connectivity index (χ1n) is 10.7. The number of nitro benzene ring substituents is 1. The maximum absolute atomic E-state index is 13.5. The van der Waals surface area contributed by atoms with Crippen molar-refractivity contribution in [1.29, 1.82) is 0 Å². The topological polar surface area (TPSA) is 118 Å². The van der Waals surface area contributed by atoms with Gasteiger partial charge in [0.1, 0.15) is 6.54 Å². The van der Waals surface area contributed by atoms with Crippen molar-refractivity contribution in [2.75, 3.05) is 6.54 Å². The van der Waals surface area contributed by atoms with Crippen LogP contribution in [0.15, 0.2) is 54.6 Å². The number of rotatable bonds is 6. The molecule has 1 heterocycles. The van der Waals surface area contributed by atoms with Gasteiger partial charge in [0.05, 0.1) is 27.3 Å². The molecular formula is C24H19Cl2N3O6. The van der Waals surface area contributed by atoms with E-state index in [2.05, 4.69) is 0 Å². The second-order valence-corrected chi connectivity index (χ2v) is 9.20. The molecule has 4 rings (SSSR count). The summed E-state index contributed by atoms with van der Waals surface area (Å²) in [5, 5.41) is 12.7. The van der Waals surface area contributed by atoms with Gasteiger partial charge in [-0.2, -0.15) is 5.01 Å². The summed E-state index contributed by atoms with van der Waals surface area (Å²) in [6.07, 6.45) is 4.01. The fourth-order valence-corrected chi connectivity index (χ4v) is 4.89. The summed E-state index contributed by atoms with van der Waals surface area (Å²) in [5.41, 5.74) is -0.186. The Morgan fingerprint density at radius 1 is 1.11 bits per heavy atom. The number of carbonyl (C=O) groups excluding carboxylic acids is 4. The number of benzene rings is 2. The highest BCUT2D eigenvalue weighted by molar-refractivity contribution is 6.36. The first-order valence-corrected chi connectivity index (χ1v) is 11.4. The zero-order valence-corrected chi connectivity index (χ0v) is 19.9. The highest BCUT2D eigenvalue weighted by Gasteiger charge is 2.53. The van der Waals surface area contributed by atoms with Crippen LogP contribution in [0.25, 0.3) is 0 Å². The molecule has 1 aliphatic carbocycles. The molecule has 0 unspecified atom stereocenters. The molecule has 9 nitrogen and oxygen atoms in total. The Balaban J connectivity index is 1.71. The SMILES string of the molecule is C[C@@H]1C=CC[C@H]2C(=O)N(N(CC(=O)c3ccc([N+](=O)[O-])cc3)C(=O)c3ccc(Cl)cc3Cl)C(=O)[C@H]12. The number of hydrogen-bond donors (Lipinski definition) is 0. The number of hydrogen-bond acceptors (Lipinski definition) is 6. The lowest BCUT2D eigenvalue weighted by Gasteiger charge is -2.30. The van der Waals surface area contributed by atoms with E-state index in [9.17, 15) is 29.3 Å². The molecule has 0 radical (unpaired) electrons. The minimum atomic E-state index is -0.831. The van der Waals surface area contributed by atoms with Crippen LogP contribution in [0.1, 0.15) is 34.1 Å². The molecule has 0 bridgehead atoms. The zero-order valence-electron chi connectivity index (χ0n) is 18.4. The maximum Gasteiger partial charge on any atom is 0.274 e. The van der Waals surface area contributed by atoms with Gasteiger partial charge in [-0.3, -0.25) is 29.3 Å². The Kier molecular flexibility index (Phi) is 6.73. The molecule has 2 aliphatic rings. The van der Waals surface area contributed by atoms with Gasteiger partial charge >= 0.3 is 0 Å². The number of ketones is 1. The van der Waals surface area contributed by atoms with Crippen molar-refractivity contribution in [3.05, 3.63) is 85.9 Å². The Morgan fingerprint density at radius 3 is 2.40 bits per heavy atom. The van der Waals surface area contributed by atoms with E-state index in [-0.39, 0.29) is 32.8 Å². The monoisotopic (exact) mass is 515 g/mol.